The zero-order valence-corrected chi connectivity index (χ0v) is 15.2. The van der Waals surface area contributed by atoms with E-state index in [4.69, 9.17) is 14.2 Å². The molecule has 2 aromatic rings. The first kappa shape index (κ1) is 19.3. The minimum atomic E-state index is -0.451. The molecular formula is C20H23NO5. The molecule has 0 saturated carbocycles. The normalized spacial score (nSPS) is 11.3. The quantitative estimate of drug-likeness (QED) is 0.733. The minimum Gasteiger partial charge on any atom is -0.497 e. The van der Waals surface area contributed by atoms with Gasteiger partial charge in [0.1, 0.15) is 11.5 Å². The molecule has 0 heterocycles. The lowest BCUT2D eigenvalue weighted by atomic mass is 9.97. The summed E-state index contributed by atoms with van der Waals surface area (Å²) in [7, 11) is 3.03. The van der Waals surface area contributed by atoms with E-state index < -0.39 is 17.8 Å². The third-order valence-corrected chi connectivity index (χ3v) is 3.92. The number of amides is 1. The molecule has 0 aromatic heterocycles. The first-order chi connectivity index (χ1) is 12.6. The van der Waals surface area contributed by atoms with Gasteiger partial charge in [-0.2, -0.15) is 0 Å². The van der Waals surface area contributed by atoms with Crippen molar-refractivity contribution < 1.29 is 23.8 Å². The van der Waals surface area contributed by atoms with Crippen LogP contribution in [0.3, 0.4) is 0 Å². The van der Waals surface area contributed by atoms with E-state index in [2.05, 4.69) is 5.32 Å². The van der Waals surface area contributed by atoms with Crippen LogP contribution < -0.4 is 14.8 Å². The van der Waals surface area contributed by atoms with Gasteiger partial charge in [-0.25, -0.2) is 0 Å². The molecule has 0 bridgehead atoms. The lowest BCUT2D eigenvalue weighted by Crippen LogP contribution is -2.24. The number of hydrogen-bond acceptors (Lipinski definition) is 5. The summed E-state index contributed by atoms with van der Waals surface area (Å²) in [5.41, 5.74) is 1.32. The van der Waals surface area contributed by atoms with Crippen LogP contribution in [0, 0.1) is 0 Å². The molecule has 1 N–H and O–H groups in total. The summed E-state index contributed by atoms with van der Waals surface area (Å²) in [4.78, 5) is 24.5. The van der Waals surface area contributed by atoms with Gasteiger partial charge in [0.25, 0.3) is 5.91 Å². The number of carbonyl (C=O) groups excluding carboxylic acids is 2. The molecule has 1 atom stereocenters. The largest absolute Gasteiger partial charge is 0.497 e. The van der Waals surface area contributed by atoms with Crippen LogP contribution in [0.4, 0.5) is 5.69 Å². The van der Waals surface area contributed by atoms with Crippen LogP contribution in [-0.2, 0) is 14.3 Å². The summed E-state index contributed by atoms with van der Waals surface area (Å²) < 4.78 is 15.5. The molecule has 0 aliphatic rings. The molecule has 6 heteroatoms. The number of anilines is 1. The fraction of sp³-hybridized carbons (Fsp3) is 0.300. The Morgan fingerprint density at radius 2 is 1.77 bits per heavy atom. The molecule has 6 nitrogen and oxygen atoms in total. The number of rotatable bonds is 8. The molecule has 0 aliphatic heterocycles. The molecular weight excluding hydrogens is 334 g/mol. The predicted octanol–water partition coefficient (Wildman–Crippen LogP) is 3.38. The van der Waals surface area contributed by atoms with Crippen LogP contribution >= 0.6 is 0 Å². The fourth-order valence-electron chi connectivity index (χ4n) is 2.56. The molecule has 0 fully saturated rings. The third kappa shape index (κ3) is 4.99. The third-order valence-electron chi connectivity index (χ3n) is 3.92. The average Bonchev–Trinajstić information content (AvgIpc) is 2.67. The van der Waals surface area contributed by atoms with Crippen LogP contribution in [-0.4, -0.2) is 32.7 Å². The van der Waals surface area contributed by atoms with E-state index in [0.29, 0.717) is 23.6 Å². The highest BCUT2D eigenvalue weighted by molar-refractivity contribution is 5.94. The Morgan fingerprint density at radius 3 is 2.38 bits per heavy atom. The molecule has 0 spiro atoms. The first-order valence-electron chi connectivity index (χ1n) is 8.32. The van der Waals surface area contributed by atoms with Gasteiger partial charge in [-0.15, -0.1) is 0 Å². The van der Waals surface area contributed by atoms with Crippen LogP contribution in [0.5, 0.6) is 11.5 Å². The summed E-state index contributed by atoms with van der Waals surface area (Å²) in [5, 5.41) is 2.67. The van der Waals surface area contributed by atoms with E-state index in [0.717, 1.165) is 5.56 Å². The van der Waals surface area contributed by atoms with Gasteiger partial charge < -0.3 is 19.5 Å². The molecule has 26 heavy (non-hydrogen) atoms. The highest BCUT2D eigenvalue weighted by atomic mass is 16.5. The molecule has 0 unspecified atom stereocenters. The van der Waals surface area contributed by atoms with Crippen molar-refractivity contribution in [2.75, 3.05) is 26.1 Å². The van der Waals surface area contributed by atoms with E-state index in [9.17, 15) is 9.59 Å². The van der Waals surface area contributed by atoms with Crippen molar-refractivity contribution in [3.05, 3.63) is 54.1 Å². The summed E-state index contributed by atoms with van der Waals surface area (Å²) in [5.74, 6) is -0.205. The monoisotopic (exact) mass is 357 g/mol. The Kier molecular flexibility index (Phi) is 7.02. The van der Waals surface area contributed by atoms with Crippen LogP contribution in [0.15, 0.2) is 48.5 Å². The Hall–Kier alpha value is -3.02. The maximum Gasteiger partial charge on any atom is 0.313 e. The van der Waals surface area contributed by atoms with Crippen LogP contribution in [0.2, 0.25) is 0 Å². The number of carbonyl (C=O) groups is 2. The predicted molar refractivity (Wildman–Crippen MR) is 98.6 cm³/mol. The summed E-state index contributed by atoms with van der Waals surface area (Å²) in [6.45, 7) is 1.53. The van der Waals surface area contributed by atoms with Crippen molar-refractivity contribution in [1.29, 1.82) is 0 Å². The molecule has 0 radical (unpaired) electrons. The lowest BCUT2D eigenvalue weighted by Gasteiger charge is -2.15. The lowest BCUT2D eigenvalue weighted by molar-refractivity contribution is -0.149. The number of ether oxygens (including phenoxy) is 3. The van der Waals surface area contributed by atoms with Crippen LogP contribution in [0.25, 0.3) is 0 Å². The SMILES string of the molecule is CC[C@@H](C(=O)OCC(=O)Nc1cc(OC)ccc1OC)c1ccccc1. The van der Waals surface area contributed by atoms with Crippen LogP contribution in [0.1, 0.15) is 24.8 Å². The smallest absolute Gasteiger partial charge is 0.313 e. The number of hydrogen-bond donors (Lipinski definition) is 1. The van der Waals surface area contributed by atoms with Crippen molar-refractivity contribution >= 4 is 17.6 Å². The molecule has 0 saturated heterocycles. The van der Waals surface area contributed by atoms with Gasteiger partial charge in [-0.05, 0) is 24.1 Å². The topological polar surface area (TPSA) is 73.9 Å². The summed E-state index contributed by atoms with van der Waals surface area (Å²) in [6, 6.07) is 14.4. The Balaban J connectivity index is 1.97. The summed E-state index contributed by atoms with van der Waals surface area (Å²) in [6.07, 6.45) is 0.591. The first-order valence-corrected chi connectivity index (χ1v) is 8.32. The average molecular weight is 357 g/mol. The Bertz CT molecular complexity index is 745. The molecule has 138 valence electrons. The zero-order valence-electron chi connectivity index (χ0n) is 15.2. The van der Waals surface area contributed by atoms with Gasteiger partial charge >= 0.3 is 5.97 Å². The number of esters is 1. The molecule has 1 amide bonds. The van der Waals surface area contributed by atoms with E-state index in [-0.39, 0.29) is 6.61 Å². The van der Waals surface area contributed by atoms with Gasteiger partial charge in [0.15, 0.2) is 6.61 Å². The number of benzene rings is 2. The molecule has 2 rings (SSSR count). The van der Waals surface area contributed by atoms with Crippen molar-refractivity contribution in [2.24, 2.45) is 0 Å². The fourth-order valence-corrected chi connectivity index (χ4v) is 2.56. The Labute approximate surface area is 153 Å². The van der Waals surface area contributed by atoms with E-state index in [1.165, 1.54) is 14.2 Å². The highest BCUT2D eigenvalue weighted by Gasteiger charge is 2.21. The van der Waals surface area contributed by atoms with E-state index >= 15 is 0 Å². The van der Waals surface area contributed by atoms with Crippen molar-refractivity contribution in [1.82, 2.24) is 0 Å². The standard InChI is InChI=1S/C20H23NO5/c1-4-16(14-8-6-5-7-9-14)20(23)26-13-19(22)21-17-12-15(24-2)10-11-18(17)25-3/h5-12,16H,4,13H2,1-3H3,(H,21,22)/t16-/m1/s1. The van der Waals surface area contributed by atoms with E-state index in [1.807, 2.05) is 37.3 Å². The maximum absolute atomic E-state index is 12.3. The summed E-state index contributed by atoms with van der Waals surface area (Å²) >= 11 is 0. The Morgan fingerprint density at radius 1 is 1.04 bits per heavy atom. The van der Waals surface area contributed by atoms with Gasteiger partial charge in [0, 0.05) is 6.07 Å². The van der Waals surface area contributed by atoms with Gasteiger partial charge in [-0.1, -0.05) is 37.3 Å². The van der Waals surface area contributed by atoms with Crippen molar-refractivity contribution in [3.8, 4) is 11.5 Å². The maximum atomic E-state index is 12.3. The second-order valence-electron chi connectivity index (χ2n) is 5.59. The second kappa shape index (κ2) is 9.46. The van der Waals surface area contributed by atoms with Gasteiger partial charge in [-0.3, -0.25) is 9.59 Å². The van der Waals surface area contributed by atoms with Gasteiger partial charge in [0.05, 0.1) is 25.8 Å². The minimum absolute atomic E-state index is 0.372. The molecule has 0 aliphatic carbocycles. The number of nitrogens with one attached hydrogen (secondary N) is 1. The molecule has 2 aromatic carbocycles. The van der Waals surface area contributed by atoms with Crippen molar-refractivity contribution in [2.45, 2.75) is 19.3 Å². The highest BCUT2D eigenvalue weighted by Crippen LogP contribution is 2.28. The van der Waals surface area contributed by atoms with Crippen molar-refractivity contribution in [3.63, 3.8) is 0 Å². The van der Waals surface area contributed by atoms with Gasteiger partial charge in [0.2, 0.25) is 0 Å². The zero-order chi connectivity index (χ0) is 18.9. The second-order valence-corrected chi connectivity index (χ2v) is 5.59. The number of methoxy groups -OCH3 is 2. The van der Waals surface area contributed by atoms with E-state index in [1.54, 1.807) is 18.2 Å².